The van der Waals surface area contributed by atoms with Gasteiger partial charge in [-0.2, -0.15) is 5.12 Å². The van der Waals surface area contributed by atoms with E-state index < -0.39 is 6.04 Å². The van der Waals surface area contributed by atoms with Gasteiger partial charge in [0.25, 0.3) is 0 Å². The van der Waals surface area contributed by atoms with Crippen molar-refractivity contribution in [3.8, 4) is 0 Å². The van der Waals surface area contributed by atoms with Crippen LogP contribution in [0, 0.1) is 0 Å². The molecule has 11 heavy (non-hydrogen) atoms. The molecule has 0 aliphatic rings. The number of nitrogens with two attached hydrogens (primary N) is 3. The highest BCUT2D eigenvalue weighted by Crippen LogP contribution is 1.99. The quantitative estimate of drug-likeness (QED) is 0.253. The van der Waals surface area contributed by atoms with Gasteiger partial charge in [0, 0.05) is 0 Å². The molecule has 0 aliphatic carbocycles. The summed E-state index contributed by atoms with van der Waals surface area (Å²) in [5.41, 5.74) is 5.26. The van der Waals surface area contributed by atoms with E-state index in [2.05, 4.69) is 0 Å². The molecule has 5 nitrogen and oxygen atoms in total. The number of hydrogen-bond acceptors (Lipinski definition) is 5. The molecular formula is C6H15N4O. The van der Waals surface area contributed by atoms with Crippen molar-refractivity contribution in [1.82, 2.24) is 5.12 Å². The topological polar surface area (TPSA) is 98.4 Å². The molecule has 0 bridgehead atoms. The summed E-state index contributed by atoms with van der Waals surface area (Å²) in [6, 6.07) is -0.499. The van der Waals surface area contributed by atoms with Crippen LogP contribution in [0.15, 0.2) is 0 Å². The summed E-state index contributed by atoms with van der Waals surface area (Å²) in [7, 11) is 0. The highest BCUT2D eigenvalue weighted by molar-refractivity contribution is 5.58. The minimum absolute atomic E-state index is 0.499. The van der Waals surface area contributed by atoms with Crippen LogP contribution >= 0.6 is 0 Å². The van der Waals surface area contributed by atoms with E-state index in [4.69, 9.17) is 17.4 Å². The Bertz CT molecular complexity index is 107. The van der Waals surface area contributed by atoms with E-state index in [1.54, 1.807) is 6.29 Å². The molecular weight excluding hydrogens is 144 g/mol. The van der Waals surface area contributed by atoms with Gasteiger partial charge in [0.15, 0.2) is 0 Å². The van der Waals surface area contributed by atoms with Crippen LogP contribution < -0.4 is 17.4 Å². The summed E-state index contributed by atoms with van der Waals surface area (Å²) in [6.07, 6.45) is 4.09. The molecule has 0 saturated heterocycles. The van der Waals surface area contributed by atoms with Crippen LogP contribution in [-0.2, 0) is 4.79 Å². The highest BCUT2D eigenvalue weighted by atomic mass is 16.1. The van der Waals surface area contributed by atoms with Gasteiger partial charge >= 0.3 is 0 Å². The fourth-order valence-electron chi connectivity index (χ4n) is 0.751. The van der Waals surface area contributed by atoms with Crippen molar-refractivity contribution in [2.75, 3.05) is 6.54 Å². The molecule has 0 aromatic rings. The van der Waals surface area contributed by atoms with Gasteiger partial charge in [0.2, 0.25) is 6.29 Å². The van der Waals surface area contributed by atoms with Gasteiger partial charge in [0.05, 0.1) is 0 Å². The molecule has 0 fully saturated rings. The van der Waals surface area contributed by atoms with Gasteiger partial charge in [0.1, 0.15) is 6.04 Å². The fraction of sp³-hybridized carbons (Fsp3) is 0.833. The zero-order chi connectivity index (χ0) is 8.69. The maximum Gasteiger partial charge on any atom is 0.220 e. The second-order valence-electron chi connectivity index (χ2n) is 2.37. The Morgan fingerprint density at radius 1 is 1.36 bits per heavy atom. The lowest BCUT2D eigenvalue weighted by molar-refractivity contribution is 0.238. The molecule has 0 rings (SSSR count). The van der Waals surface area contributed by atoms with Gasteiger partial charge in [-0.1, -0.05) is 6.42 Å². The van der Waals surface area contributed by atoms with Gasteiger partial charge in [-0.3, -0.25) is 16.5 Å². The van der Waals surface area contributed by atoms with Crippen molar-refractivity contribution in [1.29, 1.82) is 0 Å². The SMILES string of the molecule is NCCCCC([C]=O)N(N)N. The number of hydrazine groups is 2. The molecule has 0 aliphatic heterocycles. The lowest BCUT2D eigenvalue weighted by atomic mass is 10.1. The summed E-state index contributed by atoms with van der Waals surface area (Å²) >= 11 is 0. The molecule has 5 heteroatoms. The van der Waals surface area contributed by atoms with E-state index in [9.17, 15) is 4.79 Å². The monoisotopic (exact) mass is 159 g/mol. The van der Waals surface area contributed by atoms with E-state index in [-0.39, 0.29) is 0 Å². The third-order valence-corrected chi connectivity index (χ3v) is 1.43. The number of unbranched alkanes of at least 4 members (excludes halogenated alkanes) is 1. The number of rotatable bonds is 6. The summed E-state index contributed by atoms with van der Waals surface area (Å²) < 4.78 is 0. The molecule has 1 atom stereocenters. The molecule has 0 spiro atoms. The second kappa shape index (κ2) is 6.23. The average molecular weight is 159 g/mol. The Balaban J connectivity index is 3.44. The summed E-state index contributed by atoms with van der Waals surface area (Å²) in [6.45, 7) is 0.626. The van der Waals surface area contributed by atoms with Crippen LogP contribution in [0.4, 0.5) is 0 Å². The van der Waals surface area contributed by atoms with Crippen molar-refractivity contribution < 1.29 is 4.79 Å². The van der Waals surface area contributed by atoms with E-state index in [0.717, 1.165) is 18.0 Å². The van der Waals surface area contributed by atoms with Gasteiger partial charge in [-0.15, -0.1) is 0 Å². The molecule has 1 unspecified atom stereocenters. The molecule has 0 aromatic heterocycles. The molecule has 0 aromatic carbocycles. The Morgan fingerprint density at radius 3 is 2.36 bits per heavy atom. The van der Waals surface area contributed by atoms with Gasteiger partial charge < -0.3 is 5.73 Å². The fourth-order valence-corrected chi connectivity index (χ4v) is 0.751. The zero-order valence-corrected chi connectivity index (χ0v) is 6.49. The average Bonchev–Trinajstić information content (AvgIpc) is 1.97. The van der Waals surface area contributed by atoms with Crippen LogP contribution in [0.5, 0.6) is 0 Å². The van der Waals surface area contributed by atoms with Gasteiger partial charge in [-0.05, 0) is 19.4 Å². The highest BCUT2D eigenvalue weighted by Gasteiger charge is 2.10. The summed E-state index contributed by atoms with van der Waals surface area (Å²) in [5, 5.41) is 0.878. The zero-order valence-electron chi connectivity index (χ0n) is 6.49. The first-order valence-corrected chi connectivity index (χ1v) is 3.58. The van der Waals surface area contributed by atoms with Crippen LogP contribution in [0.1, 0.15) is 19.3 Å². The lowest BCUT2D eigenvalue weighted by Crippen LogP contribution is -2.47. The number of hydrogen-bond donors (Lipinski definition) is 3. The van der Waals surface area contributed by atoms with E-state index in [1.807, 2.05) is 0 Å². The van der Waals surface area contributed by atoms with Crippen LogP contribution in [0.25, 0.3) is 0 Å². The summed E-state index contributed by atoms with van der Waals surface area (Å²) in [5.74, 6) is 10.3. The van der Waals surface area contributed by atoms with E-state index in [0.29, 0.717) is 13.0 Å². The second-order valence-corrected chi connectivity index (χ2v) is 2.37. The Morgan fingerprint density at radius 2 is 2.00 bits per heavy atom. The van der Waals surface area contributed by atoms with Crippen molar-refractivity contribution in [2.24, 2.45) is 17.4 Å². The minimum atomic E-state index is -0.499. The Kier molecular flexibility index (Phi) is 5.96. The third kappa shape index (κ3) is 4.86. The maximum atomic E-state index is 10.2. The predicted molar refractivity (Wildman–Crippen MR) is 42.6 cm³/mol. The van der Waals surface area contributed by atoms with Crippen LogP contribution in [0.2, 0.25) is 0 Å². The molecule has 65 valence electrons. The normalized spacial score (nSPS) is 13.5. The Hall–Kier alpha value is -0.490. The first-order chi connectivity index (χ1) is 5.22. The standard InChI is InChI=1S/C6H15N4O/c7-4-2-1-3-6(5-11)10(8)9/h6H,1-4,7-9H2. The molecule has 6 N–H and O–H groups in total. The van der Waals surface area contributed by atoms with Crippen LogP contribution in [0.3, 0.4) is 0 Å². The predicted octanol–water partition coefficient (Wildman–Crippen LogP) is -1.36. The largest absolute Gasteiger partial charge is 0.330 e. The maximum absolute atomic E-state index is 10.2. The Labute approximate surface area is 66.4 Å². The molecule has 1 radical (unpaired) electrons. The smallest absolute Gasteiger partial charge is 0.220 e. The van der Waals surface area contributed by atoms with Crippen LogP contribution in [-0.4, -0.2) is 24.0 Å². The number of nitrogens with zero attached hydrogens (tertiary/aromatic N) is 1. The third-order valence-electron chi connectivity index (χ3n) is 1.43. The first kappa shape index (κ1) is 10.5. The van der Waals surface area contributed by atoms with Crippen molar-refractivity contribution in [3.05, 3.63) is 0 Å². The summed E-state index contributed by atoms with van der Waals surface area (Å²) in [4.78, 5) is 10.2. The minimum Gasteiger partial charge on any atom is -0.330 e. The van der Waals surface area contributed by atoms with Gasteiger partial charge in [-0.25, -0.2) is 0 Å². The molecule has 0 amide bonds. The molecule has 0 saturated carbocycles. The van der Waals surface area contributed by atoms with Crippen molar-refractivity contribution in [2.45, 2.75) is 25.3 Å². The first-order valence-electron chi connectivity index (χ1n) is 3.58. The van der Waals surface area contributed by atoms with E-state index in [1.165, 1.54) is 0 Å². The molecule has 0 heterocycles. The van der Waals surface area contributed by atoms with E-state index >= 15 is 0 Å². The van der Waals surface area contributed by atoms with Crippen molar-refractivity contribution in [3.63, 3.8) is 0 Å². The van der Waals surface area contributed by atoms with Crippen molar-refractivity contribution >= 4 is 6.29 Å². The number of carbonyl (C=O) groups excluding carboxylic acids is 1. The lowest BCUT2D eigenvalue weighted by Gasteiger charge is -2.15.